The van der Waals surface area contributed by atoms with Crippen molar-refractivity contribution in [2.75, 3.05) is 31.1 Å². The number of primary sulfonamides is 1. The Hall–Kier alpha value is -2.35. The summed E-state index contributed by atoms with van der Waals surface area (Å²) in [5, 5.41) is 6.63. The first-order valence-electron chi connectivity index (χ1n) is 8.66. The molecule has 0 aliphatic carbocycles. The lowest BCUT2D eigenvalue weighted by Crippen LogP contribution is -2.46. The Morgan fingerprint density at radius 1 is 0.962 bits per heavy atom. The summed E-state index contributed by atoms with van der Waals surface area (Å²) in [5.41, 5.74) is 3.14. The van der Waals surface area contributed by atoms with Gasteiger partial charge in [-0.3, -0.25) is 4.90 Å². The number of piperazine rings is 1. The van der Waals surface area contributed by atoms with Gasteiger partial charge in [0.25, 0.3) is 0 Å². The Labute approximate surface area is 153 Å². The number of nitrogens with one attached hydrogen (secondary N) is 1. The molecule has 3 N–H and O–H groups in total. The van der Waals surface area contributed by atoms with Gasteiger partial charge in [0, 0.05) is 49.8 Å². The van der Waals surface area contributed by atoms with Crippen molar-refractivity contribution in [3.63, 3.8) is 0 Å². The first-order valence-corrected chi connectivity index (χ1v) is 10.2. The van der Waals surface area contributed by atoms with Crippen molar-refractivity contribution in [2.24, 2.45) is 5.14 Å². The van der Waals surface area contributed by atoms with E-state index in [0.29, 0.717) is 5.69 Å². The highest BCUT2D eigenvalue weighted by Crippen LogP contribution is 2.26. The Morgan fingerprint density at radius 2 is 1.65 bits per heavy atom. The second kappa shape index (κ2) is 6.75. The molecule has 4 rings (SSSR count). The van der Waals surface area contributed by atoms with E-state index in [1.165, 1.54) is 10.9 Å². The van der Waals surface area contributed by atoms with Crippen LogP contribution in [0.2, 0.25) is 0 Å². The summed E-state index contributed by atoms with van der Waals surface area (Å²) in [6.07, 6.45) is 2.08. The summed E-state index contributed by atoms with van der Waals surface area (Å²) >= 11 is 0. The van der Waals surface area contributed by atoms with E-state index in [0.717, 1.165) is 38.2 Å². The first kappa shape index (κ1) is 17.1. The highest BCUT2D eigenvalue weighted by atomic mass is 32.2. The van der Waals surface area contributed by atoms with Gasteiger partial charge in [-0.05, 0) is 23.8 Å². The minimum atomic E-state index is -3.72. The molecule has 0 amide bonds. The molecule has 1 aliphatic rings. The molecule has 0 unspecified atom stereocenters. The Balaban J connectivity index is 1.47. The standard InChI is InChI=1S/C19H22N4O2S/c20-26(24,25)19-8-4-3-7-18(19)23-11-9-22(10-12-23)14-15-13-21-17-6-2-1-5-16(15)17/h1-8,13,21H,9-12,14H2,(H2,20,24,25). The molecular formula is C19H22N4O2S. The fourth-order valence-corrected chi connectivity index (χ4v) is 4.37. The number of sulfonamides is 1. The van der Waals surface area contributed by atoms with Crippen LogP contribution in [-0.2, 0) is 16.6 Å². The molecule has 7 heteroatoms. The molecule has 136 valence electrons. The molecule has 1 aromatic heterocycles. The van der Waals surface area contributed by atoms with Crippen LogP contribution in [0.15, 0.2) is 59.6 Å². The van der Waals surface area contributed by atoms with Crippen LogP contribution in [0.4, 0.5) is 5.69 Å². The number of anilines is 1. The maximum atomic E-state index is 11.8. The lowest BCUT2D eigenvalue weighted by Gasteiger charge is -2.36. The summed E-state index contributed by atoms with van der Waals surface area (Å²) < 4.78 is 23.7. The van der Waals surface area contributed by atoms with E-state index in [2.05, 4.69) is 39.2 Å². The summed E-state index contributed by atoms with van der Waals surface area (Å²) in [6, 6.07) is 15.3. The summed E-state index contributed by atoms with van der Waals surface area (Å²) in [4.78, 5) is 8.02. The van der Waals surface area contributed by atoms with Crippen molar-refractivity contribution >= 4 is 26.6 Å². The van der Waals surface area contributed by atoms with Gasteiger partial charge in [0.2, 0.25) is 10.0 Å². The third kappa shape index (κ3) is 3.33. The van der Waals surface area contributed by atoms with Crippen LogP contribution in [0.1, 0.15) is 5.56 Å². The van der Waals surface area contributed by atoms with Gasteiger partial charge >= 0.3 is 0 Å². The van der Waals surface area contributed by atoms with E-state index in [1.807, 2.05) is 18.2 Å². The zero-order valence-corrected chi connectivity index (χ0v) is 15.2. The number of hydrogen-bond acceptors (Lipinski definition) is 4. The molecule has 1 aliphatic heterocycles. The van der Waals surface area contributed by atoms with Crippen LogP contribution in [0.5, 0.6) is 0 Å². The molecular weight excluding hydrogens is 348 g/mol. The summed E-state index contributed by atoms with van der Waals surface area (Å²) in [6.45, 7) is 4.18. The largest absolute Gasteiger partial charge is 0.368 e. The molecule has 1 fully saturated rings. The van der Waals surface area contributed by atoms with Crippen LogP contribution < -0.4 is 10.0 Å². The number of benzene rings is 2. The van der Waals surface area contributed by atoms with Gasteiger partial charge in [-0.25, -0.2) is 13.6 Å². The lowest BCUT2D eigenvalue weighted by molar-refractivity contribution is 0.250. The smallest absolute Gasteiger partial charge is 0.240 e. The lowest BCUT2D eigenvalue weighted by atomic mass is 10.1. The van der Waals surface area contributed by atoms with Crippen molar-refractivity contribution < 1.29 is 8.42 Å². The molecule has 2 heterocycles. The zero-order valence-electron chi connectivity index (χ0n) is 14.4. The normalized spacial score (nSPS) is 16.3. The summed E-state index contributed by atoms with van der Waals surface area (Å²) in [7, 11) is -3.72. The van der Waals surface area contributed by atoms with E-state index >= 15 is 0 Å². The number of aromatic amines is 1. The van der Waals surface area contributed by atoms with E-state index in [9.17, 15) is 8.42 Å². The fraction of sp³-hybridized carbons (Fsp3) is 0.263. The minimum absolute atomic E-state index is 0.199. The highest BCUT2D eigenvalue weighted by Gasteiger charge is 2.23. The minimum Gasteiger partial charge on any atom is -0.368 e. The van der Waals surface area contributed by atoms with Gasteiger partial charge in [-0.2, -0.15) is 0 Å². The van der Waals surface area contributed by atoms with Crippen LogP contribution in [0, 0.1) is 0 Å². The van der Waals surface area contributed by atoms with Crippen molar-refractivity contribution in [2.45, 2.75) is 11.4 Å². The van der Waals surface area contributed by atoms with E-state index in [4.69, 9.17) is 5.14 Å². The van der Waals surface area contributed by atoms with Gasteiger partial charge in [-0.1, -0.05) is 30.3 Å². The van der Waals surface area contributed by atoms with Crippen molar-refractivity contribution in [1.29, 1.82) is 0 Å². The Bertz CT molecular complexity index is 1020. The van der Waals surface area contributed by atoms with Crippen LogP contribution in [0.3, 0.4) is 0 Å². The number of para-hydroxylation sites is 2. The molecule has 0 bridgehead atoms. The first-order chi connectivity index (χ1) is 12.5. The zero-order chi connectivity index (χ0) is 18.1. The average molecular weight is 370 g/mol. The number of fused-ring (bicyclic) bond motifs is 1. The average Bonchev–Trinajstić information content (AvgIpc) is 3.05. The van der Waals surface area contributed by atoms with Gasteiger partial charge in [0.15, 0.2) is 0 Å². The summed E-state index contributed by atoms with van der Waals surface area (Å²) in [5.74, 6) is 0. The van der Waals surface area contributed by atoms with Crippen LogP contribution in [0.25, 0.3) is 10.9 Å². The molecule has 6 nitrogen and oxygen atoms in total. The van der Waals surface area contributed by atoms with Crippen LogP contribution in [-0.4, -0.2) is 44.5 Å². The van der Waals surface area contributed by atoms with E-state index < -0.39 is 10.0 Å². The number of H-pyrrole nitrogens is 1. The highest BCUT2D eigenvalue weighted by molar-refractivity contribution is 7.89. The van der Waals surface area contributed by atoms with Crippen molar-refractivity contribution in [3.8, 4) is 0 Å². The quantitative estimate of drug-likeness (QED) is 0.737. The van der Waals surface area contributed by atoms with Crippen molar-refractivity contribution in [3.05, 3.63) is 60.3 Å². The monoisotopic (exact) mass is 370 g/mol. The molecule has 0 radical (unpaired) electrons. The molecule has 0 saturated carbocycles. The molecule has 0 atom stereocenters. The number of nitrogens with zero attached hydrogens (tertiary/aromatic N) is 2. The topological polar surface area (TPSA) is 82.4 Å². The third-order valence-electron chi connectivity index (χ3n) is 4.95. The van der Waals surface area contributed by atoms with Gasteiger partial charge in [-0.15, -0.1) is 0 Å². The Morgan fingerprint density at radius 3 is 2.42 bits per heavy atom. The van der Waals surface area contributed by atoms with Crippen molar-refractivity contribution in [1.82, 2.24) is 9.88 Å². The molecule has 26 heavy (non-hydrogen) atoms. The van der Waals surface area contributed by atoms with Gasteiger partial charge < -0.3 is 9.88 Å². The molecule has 2 aromatic carbocycles. The fourth-order valence-electron chi connectivity index (χ4n) is 3.61. The molecule has 1 saturated heterocycles. The van der Waals surface area contributed by atoms with Gasteiger partial charge in [0.05, 0.1) is 5.69 Å². The Kier molecular flexibility index (Phi) is 4.44. The van der Waals surface area contributed by atoms with Crippen LogP contribution >= 0.6 is 0 Å². The number of nitrogens with two attached hydrogens (primary N) is 1. The molecule has 0 spiro atoms. The predicted octanol–water partition coefficient (Wildman–Crippen LogP) is 2.14. The second-order valence-corrected chi connectivity index (χ2v) is 8.17. The maximum absolute atomic E-state index is 11.8. The number of aromatic nitrogens is 1. The maximum Gasteiger partial charge on any atom is 0.240 e. The number of rotatable bonds is 4. The number of hydrogen-bond donors (Lipinski definition) is 2. The SMILES string of the molecule is NS(=O)(=O)c1ccccc1N1CCN(Cc2c[nH]c3ccccc23)CC1. The molecule has 3 aromatic rings. The predicted molar refractivity (Wildman–Crippen MR) is 104 cm³/mol. The van der Waals surface area contributed by atoms with Gasteiger partial charge in [0.1, 0.15) is 4.90 Å². The van der Waals surface area contributed by atoms with E-state index in [-0.39, 0.29) is 4.90 Å². The second-order valence-electron chi connectivity index (χ2n) is 6.64. The van der Waals surface area contributed by atoms with E-state index in [1.54, 1.807) is 12.1 Å². The third-order valence-corrected chi connectivity index (χ3v) is 5.91.